The van der Waals surface area contributed by atoms with Crippen molar-refractivity contribution in [3.63, 3.8) is 0 Å². The van der Waals surface area contributed by atoms with Crippen LogP contribution in [0, 0.1) is 0 Å². The minimum Gasteiger partial charge on any atom is -0.390 e. The lowest BCUT2D eigenvalue weighted by molar-refractivity contribution is 0.191. The highest BCUT2D eigenvalue weighted by molar-refractivity contribution is 14.3. The molecular weight excluding hydrogens is 445 g/mol. The van der Waals surface area contributed by atoms with Crippen LogP contribution in [0.3, 0.4) is 0 Å². The molecule has 1 unspecified atom stereocenters. The fraction of sp³-hybridized carbons (Fsp3) is 1.00. The van der Waals surface area contributed by atoms with Crippen LogP contribution < -0.4 is 0 Å². The van der Waals surface area contributed by atoms with Crippen LogP contribution in [0.5, 0.6) is 0 Å². The monoisotopic (exact) mass is 452 g/mol. The molecule has 0 aromatic carbocycles. The van der Waals surface area contributed by atoms with Crippen LogP contribution in [0.4, 0.5) is 0 Å². The van der Waals surface area contributed by atoms with E-state index in [-0.39, 0.29) is 5.54 Å². The molecule has 0 aliphatic rings. The lowest BCUT2D eigenvalue weighted by Crippen LogP contribution is -2.21. The van der Waals surface area contributed by atoms with E-state index in [2.05, 4.69) is 67.8 Å². The molecule has 0 spiro atoms. The Bertz CT molecular complexity index is 68.2. The number of aliphatic hydroxyl groups excluding tert-OH is 1. The second kappa shape index (κ2) is 4.12. The Labute approximate surface area is 90.4 Å². The zero-order valence-corrected chi connectivity index (χ0v) is 10.8. The van der Waals surface area contributed by atoms with Gasteiger partial charge in [-0.2, -0.15) is 0 Å². The maximum atomic E-state index is 9.17. The Hall–Kier alpha value is 2.15. The molecule has 0 saturated heterocycles. The van der Waals surface area contributed by atoms with Gasteiger partial charge in [0.05, 0.1) is 6.10 Å². The summed E-state index contributed by atoms with van der Waals surface area (Å²) in [7, 11) is 0. The van der Waals surface area contributed by atoms with Gasteiger partial charge in [0.2, 0.25) is 0 Å². The predicted molar refractivity (Wildman–Crippen MR) is 61.1 cm³/mol. The highest BCUT2D eigenvalue weighted by Gasteiger charge is 2.26. The second-order valence-corrected chi connectivity index (χ2v) is 12.8. The van der Waals surface area contributed by atoms with E-state index in [0.717, 1.165) is 6.42 Å². The highest BCUT2D eigenvalue weighted by atomic mass is 127. The first-order chi connectivity index (χ1) is 3.48. The van der Waals surface area contributed by atoms with Gasteiger partial charge in [0, 0.05) is 0 Å². The van der Waals surface area contributed by atoms with Gasteiger partial charge in [-0.1, -0.05) is 74.7 Å². The zero-order chi connectivity index (χ0) is 6.78. The summed E-state index contributed by atoms with van der Waals surface area (Å²) < 4.78 is -0.0258. The van der Waals surface area contributed by atoms with Crippen LogP contribution in [0.25, 0.3) is 0 Å². The van der Waals surface area contributed by atoms with Gasteiger partial charge in [0.15, 0.2) is 0 Å². The Morgan fingerprint density at radius 1 is 1.50 bits per heavy atom. The summed E-state index contributed by atoms with van der Waals surface area (Å²) in [6.45, 7) is 1.98. The fourth-order valence-electron chi connectivity index (χ4n) is 0.231. The van der Waals surface area contributed by atoms with E-state index in [4.69, 9.17) is 0 Å². The van der Waals surface area contributed by atoms with E-state index in [9.17, 15) is 5.11 Å². The summed E-state index contributed by atoms with van der Waals surface area (Å²) in [6.07, 6.45) is 0.638. The third-order valence-electron chi connectivity index (χ3n) is 0.765. The third-order valence-corrected chi connectivity index (χ3v) is 2.92. The molecule has 0 aliphatic heterocycles. The first-order valence-electron chi connectivity index (χ1n) is 2.23. The van der Waals surface area contributed by atoms with Crippen molar-refractivity contribution in [3.8, 4) is 0 Å². The molecule has 0 aromatic heterocycles. The second-order valence-electron chi connectivity index (χ2n) is 1.47. The van der Waals surface area contributed by atoms with Gasteiger partial charge in [-0.25, -0.2) is 0 Å². The summed E-state index contributed by atoms with van der Waals surface area (Å²) >= 11 is 6.68. The summed E-state index contributed by atoms with van der Waals surface area (Å²) in [5.74, 6) is 0. The van der Waals surface area contributed by atoms with Crippen molar-refractivity contribution in [3.05, 3.63) is 0 Å². The first-order valence-corrected chi connectivity index (χ1v) is 5.47. The van der Waals surface area contributed by atoms with Crippen molar-refractivity contribution >= 4 is 67.8 Å². The van der Waals surface area contributed by atoms with Crippen LogP contribution >= 0.6 is 67.8 Å². The number of hydrogen-bond acceptors (Lipinski definition) is 1. The molecule has 0 radical (unpaired) electrons. The van der Waals surface area contributed by atoms with Crippen molar-refractivity contribution in [2.45, 2.75) is 18.9 Å². The lowest BCUT2D eigenvalue weighted by Gasteiger charge is -2.17. The molecule has 0 amide bonds. The van der Waals surface area contributed by atoms with Crippen molar-refractivity contribution in [1.29, 1.82) is 0 Å². The minimum absolute atomic E-state index is 0.0258. The SMILES string of the molecule is CCC(O)C(I)(I)I. The van der Waals surface area contributed by atoms with Crippen molar-refractivity contribution in [1.82, 2.24) is 0 Å². The van der Waals surface area contributed by atoms with Crippen LogP contribution in [0.1, 0.15) is 13.3 Å². The molecule has 0 fully saturated rings. The minimum atomic E-state index is -0.190. The Balaban J connectivity index is 3.62. The van der Waals surface area contributed by atoms with Gasteiger partial charge in [0.1, 0.15) is -0.565 Å². The molecule has 0 rings (SSSR count). The average molecular weight is 452 g/mol. The molecule has 0 heterocycles. The van der Waals surface area contributed by atoms with Crippen molar-refractivity contribution < 1.29 is 5.11 Å². The van der Waals surface area contributed by atoms with Gasteiger partial charge in [-0.15, -0.1) is 0 Å². The molecule has 0 aliphatic carbocycles. The van der Waals surface area contributed by atoms with Crippen LogP contribution in [0.2, 0.25) is 0 Å². The maximum absolute atomic E-state index is 9.17. The number of rotatable bonds is 2. The zero-order valence-electron chi connectivity index (χ0n) is 4.37. The first kappa shape index (κ1) is 10.2. The smallest absolute Gasteiger partial charge is 0.149 e. The van der Waals surface area contributed by atoms with Crippen LogP contribution in [-0.2, 0) is 0 Å². The molecule has 0 bridgehead atoms. The predicted octanol–water partition coefficient (Wildman–Crippen LogP) is 2.72. The van der Waals surface area contributed by atoms with Gasteiger partial charge in [-0.05, 0) is 6.42 Å². The summed E-state index contributed by atoms with van der Waals surface area (Å²) in [4.78, 5) is 0. The molecule has 1 nitrogen and oxygen atoms in total. The number of aliphatic hydroxyl groups is 1. The van der Waals surface area contributed by atoms with Gasteiger partial charge in [-0.3, -0.25) is 0 Å². The Morgan fingerprint density at radius 2 is 1.88 bits per heavy atom. The van der Waals surface area contributed by atoms with Crippen LogP contribution in [-0.4, -0.2) is 10.6 Å². The number of halogens is 3. The highest BCUT2D eigenvalue weighted by Crippen LogP contribution is 2.39. The standard InChI is InChI=1S/C4H7I3O/c1-2-3(8)4(5,6)7/h3,8H,2H2,1H3. The molecule has 8 heavy (non-hydrogen) atoms. The topological polar surface area (TPSA) is 20.2 Å². The van der Waals surface area contributed by atoms with E-state index >= 15 is 0 Å². The largest absolute Gasteiger partial charge is 0.390 e. The Morgan fingerprint density at radius 3 is 1.88 bits per heavy atom. The molecule has 0 saturated carbocycles. The van der Waals surface area contributed by atoms with Gasteiger partial charge < -0.3 is 5.11 Å². The van der Waals surface area contributed by atoms with Gasteiger partial charge in [0.25, 0.3) is 0 Å². The summed E-state index contributed by atoms with van der Waals surface area (Å²) in [5, 5.41) is 9.17. The third kappa shape index (κ3) is 4.04. The van der Waals surface area contributed by atoms with E-state index < -0.39 is 0 Å². The van der Waals surface area contributed by atoms with E-state index in [0.29, 0.717) is 0 Å². The van der Waals surface area contributed by atoms with E-state index in [1.54, 1.807) is 0 Å². The molecule has 0 aromatic rings. The molecule has 4 heteroatoms. The van der Waals surface area contributed by atoms with E-state index in [1.165, 1.54) is 0 Å². The van der Waals surface area contributed by atoms with Crippen molar-refractivity contribution in [2.75, 3.05) is 0 Å². The average Bonchev–Trinajstić information content (AvgIpc) is 1.62. The molecule has 1 atom stereocenters. The molecule has 1 N–H and O–H groups in total. The van der Waals surface area contributed by atoms with Gasteiger partial charge >= 0.3 is 0 Å². The quantitative estimate of drug-likeness (QED) is 0.506. The van der Waals surface area contributed by atoms with Crippen LogP contribution in [0.15, 0.2) is 0 Å². The van der Waals surface area contributed by atoms with E-state index in [1.807, 2.05) is 6.92 Å². The fourth-order valence-corrected chi connectivity index (χ4v) is 1.55. The Kier molecular flexibility index (Phi) is 5.22. The number of hydrogen-bond donors (Lipinski definition) is 1. The van der Waals surface area contributed by atoms with Crippen molar-refractivity contribution in [2.24, 2.45) is 0 Å². The normalized spacial score (nSPS) is 16.1. The molecular formula is C4H7I3O. The lowest BCUT2D eigenvalue weighted by atomic mass is 10.3. The molecule has 50 valence electrons. The number of alkyl halides is 3. The maximum Gasteiger partial charge on any atom is 0.149 e. The summed E-state index contributed by atoms with van der Waals surface area (Å²) in [5.41, 5.74) is 0. The summed E-state index contributed by atoms with van der Waals surface area (Å²) in [6, 6.07) is 0.